The third kappa shape index (κ3) is 5.68. The van der Waals surface area contributed by atoms with Crippen LogP contribution in [0.5, 0.6) is 11.5 Å². The van der Waals surface area contributed by atoms with Gasteiger partial charge in [0.05, 0.1) is 23.8 Å². The van der Waals surface area contributed by atoms with Gasteiger partial charge in [-0.15, -0.1) is 0 Å². The quantitative estimate of drug-likeness (QED) is 0.405. The van der Waals surface area contributed by atoms with Crippen LogP contribution in [0, 0.1) is 6.92 Å². The maximum Gasteiger partial charge on any atom is 0.270 e. The Morgan fingerprint density at radius 1 is 0.875 bits per heavy atom. The van der Waals surface area contributed by atoms with Crippen LogP contribution < -0.4 is 13.8 Å². The molecular formula is C25H27NO5S. The third-order valence-corrected chi connectivity index (χ3v) is 6.54. The molecule has 32 heavy (non-hydrogen) atoms. The molecule has 0 fully saturated rings. The lowest BCUT2D eigenvalue weighted by Crippen LogP contribution is -2.37. The summed E-state index contributed by atoms with van der Waals surface area (Å²) in [5.41, 5.74) is 1.27. The lowest BCUT2D eigenvalue weighted by molar-refractivity contribution is -0.117. The zero-order chi connectivity index (χ0) is 23.0. The number of rotatable bonds is 10. The van der Waals surface area contributed by atoms with Crippen LogP contribution in [0.15, 0.2) is 83.8 Å². The molecule has 0 bridgehead atoms. The van der Waals surface area contributed by atoms with E-state index in [1.807, 2.05) is 38.1 Å². The van der Waals surface area contributed by atoms with Crippen molar-refractivity contribution in [3.63, 3.8) is 0 Å². The summed E-state index contributed by atoms with van der Waals surface area (Å²) in [5, 5.41) is 0. The van der Waals surface area contributed by atoms with Crippen LogP contribution in [0.25, 0.3) is 0 Å². The maximum absolute atomic E-state index is 13.3. The molecule has 1 amide bonds. The zero-order valence-electron chi connectivity index (χ0n) is 18.2. The number of sulfonamides is 1. The molecule has 3 aromatic rings. The van der Waals surface area contributed by atoms with Crippen LogP contribution in [0.4, 0.5) is 5.69 Å². The highest BCUT2D eigenvalue weighted by molar-refractivity contribution is 7.93. The van der Waals surface area contributed by atoms with Gasteiger partial charge in [0.2, 0.25) is 5.91 Å². The van der Waals surface area contributed by atoms with Gasteiger partial charge in [-0.2, -0.15) is 0 Å². The van der Waals surface area contributed by atoms with Crippen molar-refractivity contribution < 1.29 is 22.7 Å². The van der Waals surface area contributed by atoms with Crippen molar-refractivity contribution in [1.82, 2.24) is 0 Å². The van der Waals surface area contributed by atoms with Crippen molar-refractivity contribution in [1.29, 1.82) is 0 Å². The van der Waals surface area contributed by atoms with E-state index in [-0.39, 0.29) is 17.0 Å². The van der Waals surface area contributed by atoms with Gasteiger partial charge >= 0.3 is 0 Å². The number of amides is 1. The predicted octanol–water partition coefficient (Wildman–Crippen LogP) is 4.97. The molecule has 0 atom stereocenters. The molecule has 3 rings (SSSR count). The topological polar surface area (TPSA) is 72.9 Å². The summed E-state index contributed by atoms with van der Waals surface area (Å²) in [7, 11) is -4.07. The molecule has 0 aromatic heterocycles. The smallest absolute Gasteiger partial charge is 0.270 e. The Balaban J connectivity index is 1.78. The molecule has 0 aliphatic rings. The van der Waals surface area contributed by atoms with E-state index in [4.69, 9.17) is 9.47 Å². The summed E-state index contributed by atoms with van der Waals surface area (Å²) >= 11 is 0. The molecule has 0 aliphatic carbocycles. The molecule has 6 nitrogen and oxygen atoms in total. The highest BCUT2D eigenvalue weighted by Gasteiger charge is 2.30. The highest BCUT2D eigenvalue weighted by Crippen LogP contribution is 2.27. The normalized spacial score (nSPS) is 11.1. The Kier molecular flexibility index (Phi) is 7.89. The lowest BCUT2D eigenvalue weighted by Gasteiger charge is -2.23. The number of para-hydroxylation sites is 1. The molecule has 0 saturated heterocycles. The van der Waals surface area contributed by atoms with Crippen molar-refractivity contribution in [2.45, 2.75) is 31.6 Å². The van der Waals surface area contributed by atoms with Gasteiger partial charge in [-0.3, -0.25) is 4.79 Å². The number of aryl methyl sites for hydroxylation is 1. The molecule has 7 heteroatoms. The minimum atomic E-state index is -4.07. The Morgan fingerprint density at radius 3 is 2.19 bits per heavy atom. The SMILES string of the molecule is CCOc1ccc(N(C(=O)CCCOc2ccccc2C)S(=O)(=O)c2ccccc2)cc1. The van der Waals surface area contributed by atoms with Gasteiger partial charge < -0.3 is 9.47 Å². The molecule has 0 aliphatic heterocycles. The summed E-state index contributed by atoms with van der Waals surface area (Å²) in [4.78, 5) is 13.2. The van der Waals surface area contributed by atoms with Crippen molar-refractivity contribution in [2.24, 2.45) is 0 Å². The van der Waals surface area contributed by atoms with Crippen molar-refractivity contribution in [2.75, 3.05) is 17.5 Å². The van der Waals surface area contributed by atoms with Gasteiger partial charge in [-0.25, -0.2) is 12.7 Å². The number of carbonyl (C=O) groups is 1. The van der Waals surface area contributed by atoms with Gasteiger partial charge in [0.15, 0.2) is 0 Å². The number of benzene rings is 3. The third-order valence-electron chi connectivity index (χ3n) is 4.78. The lowest BCUT2D eigenvalue weighted by atomic mass is 10.2. The van der Waals surface area contributed by atoms with E-state index in [1.54, 1.807) is 42.5 Å². The fraction of sp³-hybridized carbons (Fsp3) is 0.240. The molecule has 0 N–H and O–H groups in total. The average molecular weight is 454 g/mol. The second-order valence-electron chi connectivity index (χ2n) is 7.12. The molecule has 0 spiro atoms. The van der Waals surface area contributed by atoms with Crippen LogP contribution in [0.3, 0.4) is 0 Å². The Labute approximate surface area is 189 Å². The van der Waals surface area contributed by atoms with E-state index in [1.165, 1.54) is 12.1 Å². The number of hydrogen-bond donors (Lipinski definition) is 0. The summed E-state index contributed by atoms with van der Waals surface area (Å²) in [6.45, 7) is 4.60. The fourth-order valence-electron chi connectivity index (χ4n) is 3.18. The van der Waals surface area contributed by atoms with Crippen LogP contribution in [-0.2, 0) is 14.8 Å². The zero-order valence-corrected chi connectivity index (χ0v) is 19.0. The van der Waals surface area contributed by atoms with Crippen molar-refractivity contribution in [3.05, 3.63) is 84.4 Å². The van der Waals surface area contributed by atoms with Gasteiger partial charge in [-0.05, 0) is 68.3 Å². The van der Waals surface area contributed by atoms with E-state index >= 15 is 0 Å². The van der Waals surface area contributed by atoms with E-state index < -0.39 is 15.9 Å². The van der Waals surface area contributed by atoms with E-state index in [0.29, 0.717) is 25.4 Å². The minimum absolute atomic E-state index is 0.0190. The number of hydrogen-bond acceptors (Lipinski definition) is 5. The van der Waals surface area contributed by atoms with Crippen molar-refractivity contribution in [3.8, 4) is 11.5 Å². The minimum Gasteiger partial charge on any atom is -0.494 e. The summed E-state index contributed by atoms with van der Waals surface area (Å²) < 4.78 is 38.7. The fourth-order valence-corrected chi connectivity index (χ4v) is 4.66. The first kappa shape index (κ1) is 23.3. The maximum atomic E-state index is 13.3. The summed E-state index contributed by atoms with van der Waals surface area (Å²) in [6, 6.07) is 22.0. The highest BCUT2D eigenvalue weighted by atomic mass is 32.2. The molecule has 0 heterocycles. The Morgan fingerprint density at radius 2 is 1.53 bits per heavy atom. The predicted molar refractivity (Wildman–Crippen MR) is 125 cm³/mol. The molecule has 168 valence electrons. The first-order chi connectivity index (χ1) is 15.4. The molecule has 0 radical (unpaired) electrons. The monoisotopic (exact) mass is 453 g/mol. The first-order valence-corrected chi connectivity index (χ1v) is 11.9. The van der Waals surface area contributed by atoms with Gasteiger partial charge in [0.25, 0.3) is 10.0 Å². The van der Waals surface area contributed by atoms with Crippen LogP contribution in [-0.4, -0.2) is 27.5 Å². The molecular weight excluding hydrogens is 426 g/mol. The molecule has 0 saturated carbocycles. The Hall–Kier alpha value is -3.32. The van der Waals surface area contributed by atoms with E-state index in [0.717, 1.165) is 15.6 Å². The number of carbonyl (C=O) groups excluding carboxylic acids is 1. The summed E-state index contributed by atoms with van der Waals surface area (Å²) in [5.74, 6) is 0.832. The standard InChI is InChI=1S/C25H27NO5S/c1-3-30-22-17-15-21(16-18-22)26(32(28,29)23-11-5-4-6-12-23)25(27)14-9-19-31-24-13-8-7-10-20(24)2/h4-8,10-13,15-18H,3,9,14,19H2,1-2H3. The first-order valence-electron chi connectivity index (χ1n) is 10.5. The van der Waals surface area contributed by atoms with Crippen LogP contribution in [0.1, 0.15) is 25.3 Å². The van der Waals surface area contributed by atoms with E-state index in [9.17, 15) is 13.2 Å². The van der Waals surface area contributed by atoms with Crippen LogP contribution >= 0.6 is 0 Å². The Bertz CT molecular complexity index is 1130. The summed E-state index contributed by atoms with van der Waals surface area (Å²) in [6.07, 6.45) is 0.399. The average Bonchev–Trinajstić information content (AvgIpc) is 2.80. The second-order valence-corrected chi connectivity index (χ2v) is 8.91. The largest absolute Gasteiger partial charge is 0.494 e. The van der Waals surface area contributed by atoms with E-state index in [2.05, 4.69) is 0 Å². The molecule has 0 unspecified atom stereocenters. The second kappa shape index (κ2) is 10.8. The van der Waals surface area contributed by atoms with Crippen LogP contribution in [0.2, 0.25) is 0 Å². The van der Waals surface area contributed by atoms with Gasteiger partial charge in [0.1, 0.15) is 11.5 Å². The number of ether oxygens (including phenoxy) is 2. The number of nitrogens with zero attached hydrogens (tertiary/aromatic N) is 1. The van der Waals surface area contributed by atoms with Gasteiger partial charge in [-0.1, -0.05) is 36.4 Å². The van der Waals surface area contributed by atoms with Gasteiger partial charge in [0, 0.05) is 6.42 Å². The molecule has 3 aromatic carbocycles. The van der Waals surface area contributed by atoms with Crippen molar-refractivity contribution >= 4 is 21.6 Å². The number of anilines is 1.